The Balaban J connectivity index is 1.63. The molecule has 0 bridgehead atoms. The lowest BCUT2D eigenvalue weighted by Gasteiger charge is -2.07. The Morgan fingerprint density at radius 3 is 2.62 bits per heavy atom. The van der Waals surface area contributed by atoms with E-state index in [9.17, 15) is 18.0 Å². The SMILES string of the molecule is O=C(NCCO)c1cccc(OCc2csc(-c3ccc(C(F)(F)F)cc3)n2)c1. The van der Waals surface area contributed by atoms with E-state index in [4.69, 9.17) is 9.84 Å². The Morgan fingerprint density at radius 2 is 1.93 bits per heavy atom. The van der Waals surface area contributed by atoms with Crippen LogP contribution in [0.5, 0.6) is 5.75 Å². The predicted octanol–water partition coefficient (Wildman–Crippen LogP) is 4.13. The number of nitrogens with zero attached hydrogens (tertiary/aromatic N) is 1. The van der Waals surface area contributed by atoms with Crippen LogP contribution in [-0.4, -0.2) is 29.1 Å². The predicted molar refractivity (Wildman–Crippen MR) is 103 cm³/mol. The molecule has 0 saturated carbocycles. The summed E-state index contributed by atoms with van der Waals surface area (Å²) < 4.78 is 43.7. The maximum Gasteiger partial charge on any atom is 0.416 e. The van der Waals surface area contributed by atoms with E-state index in [-0.39, 0.29) is 25.7 Å². The van der Waals surface area contributed by atoms with Crippen molar-refractivity contribution < 1.29 is 27.8 Å². The Labute approximate surface area is 168 Å². The lowest BCUT2D eigenvalue weighted by molar-refractivity contribution is -0.137. The van der Waals surface area contributed by atoms with Crippen LogP contribution in [0.25, 0.3) is 10.6 Å². The second-order valence-electron chi connectivity index (χ2n) is 6.02. The molecule has 5 nitrogen and oxygen atoms in total. The number of aliphatic hydroxyl groups is 1. The molecule has 0 spiro atoms. The lowest BCUT2D eigenvalue weighted by atomic mass is 10.1. The van der Waals surface area contributed by atoms with Gasteiger partial charge in [0.1, 0.15) is 17.4 Å². The summed E-state index contributed by atoms with van der Waals surface area (Å²) >= 11 is 1.31. The van der Waals surface area contributed by atoms with Gasteiger partial charge in [-0.2, -0.15) is 13.2 Å². The van der Waals surface area contributed by atoms with Gasteiger partial charge in [-0.25, -0.2) is 4.98 Å². The van der Waals surface area contributed by atoms with E-state index in [2.05, 4.69) is 10.3 Å². The van der Waals surface area contributed by atoms with Crippen LogP contribution in [0.2, 0.25) is 0 Å². The molecule has 0 aliphatic carbocycles. The average molecular weight is 422 g/mol. The van der Waals surface area contributed by atoms with Crippen molar-refractivity contribution in [1.29, 1.82) is 0 Å². The molecule has 0 aliphatic rings. The molecular weight excluding hydrogens is 405 g/mol. The van der Waals surface area contributed by atoms with E-state index < -0.39 is 11.7 Å². The van der Waals surface area contributed by atoms with Crippen molar-refractivity contribution in [3.63, 3.8) is 0 Å². The number of carbonyl (C=O) groups is 1. The van der Waals surface area contributed by atoms with E-state index in [1.807, 2.05) is 0 Å². The minimum atomic E-state index is -4.37. The lowest BCUT2D eigenvalue weighted by Crippen LogP contribution is -2.26. The van der Waals surface area contributed by atoms with Gasteiger partial charge in [-0.1, -0.05) is 18.2 Å². The minimum Gasteiger partial charge on any atom is -0.487 e. The fourth-order valence-electron chi connectivity index (χ4n) is 2.46. The van der Waals surface area contributed by atoms with Crippen LogP contribution >= 0.6 is 11.3 Å². The highest BCUT2D eigenvalue weighted by atomic mass is 32.1. The van der Waals surface area contributed by atoms with E-state index in [0.717, 1.165) is 12.1 Å². The average Bonchev–Trinajstić information content (AvgIpc) is 3.19. The second kappa shape index (κ2) is 9.06. The minimum absolute atomic E-state index is 0.146. The van der Waals surface area contributed by atoms with Crippen LogP contribution in [0.3, 0.4) is 0 Å². The van der Waals surface area contributed by atoms with Gasteiger partial charge < -0.3 is 15.2 Å². The van der Waals surface area contributed by atoms with Gasteiger partial charge in [-0.3, -0.25) is 4.79 Å². The number of hydrogen-bond donors (Lipinski definition) is 2. The largest absolute Gasteiger partial charge is 0.487 e. The molecule has 29 heavy (non-hydrogen) atoms. The smallest absolute Gasteiger partial charge is 0.416 e. The second-order valence-corrected chi connectivity index (χ2v) is 6.87. The number of aliphatic hydroxyl groups excluding tert-OH is 1. The van der Waals surface area contributed by atoms with E-state index >= 15 is 0 Å². The number of ether oxygens (including phenoxy) is 1. The summed E-state index contributed by atoms with van der Waals surface area (Å²) in [5.74, 6) is 0.161. The highest BCUT2D eigenvalue weighted by Gasteiger charge is 2.30. The molecule has 1 amide bonds. The highest BCUT2D eigenvalue weighted by Crippen LogP contribution is 2.31. The van der Waals surface area contributed by atoms with Gasteiger partial charge in [0.2, 0.25) is 0 Å². The molecule has 0 fully saturated rings. The first-order valence-corrected chi connectivity index (χ1v) is 9.49. The first-order valence-electron chi connectivity index (χ1n) is 8.61. The number of benzene rings is 2. The van der Waals surface area contributed by atoms with Crippen molar-refractivity contribution in [2.24, 2.45) is 0 Å². The zero-order valence-corrected chi connectivity index (χ0v) is 15.9. The molecule has 1 aromatic heterocycles. The van der Waals surface area contributed by atoms with Gasteiger partial charge in [0.05, 0.1) is 17.9 Å². The van der Waals surface area contributed by atoms with Gasteiger partial charge in [-0.15, -0.1) is 11.3 Å². The molecular formula is C20H17F3N2O3S. The van der Waals surface area contributed by atoms with Gasteiger partial charge in [-0.05, 0) is 30.3 Å². The molecule has 152 valence electrons. The summed E-state index contributed by atoms with van der Waals surface area (Å²) in [7, 11) is 0. The van der Waals surface area contributed by atoms with Crippen LogP contribution in [0.15, 0.2) is 53.9 Å². The van der Waals surface area contributed by atoms with Crippen molar-refractivity contribution in [3.05, 3.63) is 70.7 Å². The number of aromatic nitrogens is 1. The topological polar surface area (TPSA) is 71.5 Å². The van der Waals surface area contributed by atoms with Crippen molar-refractivity contribution in [2.45, 2.75) is 12.8 Å². The van der Waals surface area contributed by atoms with Gasteiger partial charge in [0.25, 0.3) is 5.91 Å². The standard InChI is InChI=1S/C20H17F3N2O3S/c21-20(22,23)15-6-4-13(5-7-15)19-25-16(12-29-19)11-28-17-3-1-2-14(10-17)18(27)24-8-9-26/h1-7,10,12,26H,8-9,11H2,(H,24,27). The number of hydrogen-bond acceptors (Lipinski definition) is 5. The van der Waals surface area contributed by atoms with Crippen molar-refractivity contribution in [1.82, 2.24) is 10.3 Å². The molecule has 3 aromatic rings. The van der Waals surface area contributed by atoms with Crippen LogP contribution < -0.4 is 10.1 Å². The monoisotopic (exact) mass is 422 g/mol. The van der Waals surface area contributed by atoms with E-state index in [1.165, 1.54) is 23.5 Å². The molecule has 0 radical (unpaired) electrons. The maximum absolute atomic E-state index is 12.7. The Kier molecular flexibility index (Phi) is 6.50. The fourth-order valence-corrected chi connectivity index (χ4v) is 3.27. The number of amides is 1. The van der Waals surface area contributed by atoms with E-state index in [1.54, 1.807) is 29.6 Å². The van der Waals surface area contributed by atoms with Crippen LogP contribution in [0.1, 0.15) is 21.6 Å². The van der Waals surface area contributed by atoms with Crippen LogP contribution in [0, 0.1) is 0 Å². The van der Waals surface area contributed by atoms with Crippen LogP contribution in [0.4, 0.5) is 13.2 Å². The number of nitrogens with one attached hydrogen (secondary N) is 1. The molecule has 3 rings (SSSR count). The van der Waals surface area contributed by atoms with Crippen molar-refractivity contribution in [2.75, 3.05) is 13.2 Å². The summed E-state index contributed by atoms with van der Waals surface area (Å²) in [6.07, 6.45) is -4.37. The van der Waals surface area contributed by atoms with Crippen molar-refractivity contribution >= 4 is 17.2 Å². The normalized spacial score (nSPS) is 11.3. The van der Waals surface area contributed by atoms with E-state index in [0.29, 0.717) is 27.6 Å². The first-order chi connectivity index (χ1) is 13.9. The Bertz CT molecular complexity index is 972. The number of rotatable bonds is 7. The third-order valence-corrected chi connectivity index (χ3v) is 4.83. The molecule has 1 heterocycles. The molecule has 9 heteroatoms. The number of alkyl halides is 3. The van der Waals surface area contributed by atoms with Gasteiger partial charge >= 0.3 is 6.18 Å². The third-order valence-electron chi connectivity index (χ3n) is 3.89. The third kappa shape index (κ3) is 5.55. The zero-order chi connectivity index (χ0) is 20.9. The number of carbonyl (C=O) groups excluding carboxylic acids is 1. The molecule has 2 N–H and O–H groups in total. The summed E-state index contributed by atoms with van der Waals surface area (Å²) in [5.41, 5.74) is 0.917. The molecule has 0 aliphatic heterocycles. The first kappa shape index (κ1) is 20.8. The summed E-state index contributed by atoms with van der Waals surface area (Å²) in [6.45, 7) is 0.168. The summed E-state index contributed by atoms with van der Waals surface area (Å²) in [4.78, 5) is 16.3. The summed E-state index contributed by atoms with van der Waals surface area (Å²) in [6, 6.07) is 11.4. The Hall–Kier alpha value is -2.91. The molecule has 0 saturated heterocycles. The van der Waals surface area contributed by atoms with Gasteiger partial charge in [0, 0.05) is 23.1 Å². The maximum atomic E-state index is 12.7. The molecule has 0 unspecified atom stereocenters. The highest BCUT2D eigenvalue weighted by molar-refractivity contribution is 7.13. The zero-order valence-electron chi connectivity index (χ0n) is 15.1. The fraction of sp³-hybridized carbons (Fsp3) is 0.200. The number of halogens is 3. The van der Waals surface area contributed by atoms with Gasteiger partial charge in [0.15, 0.2) is 0 Å². The quantitative estimate of drug-likeness (QED) is 0.601. The molecule has 2 aromatic carbocycles. The summed E-state index contributed by atoms with van der Waals surface area (Å²) in [5, 5.41) is 13.7. The number of thiazole rings is 1. The van der Waals surface area contributed by atoms with Crippen LogP contribution in [-0.2, 0) is 12.8 Å². The molecule has 0 atom stereocenters. The van der Waals surface area contributed by atoms with Crippen molar-refractivity contribution in [3.8, 4) is 16.3 Å². The Morgan fingerprint density at radius 1 is 1.17 bits per heavy atom.